The first-order valence-corrected chi connectivity index (χ1v) is 8.37. The third-order valence-corrected chi connectivity index (χ3v) is 3.62. The Labute approximate surface area is 156 Å². The Morgan fingerprint density at radius 2 is 1.62 bits per heavy atom. The number of benzene rings is 2. The van der Waals surface area contributed by atoms with Crippen LogP contribution >= 0.6 is 12.2 Å². The molecule has 0 unspecified atom stereocenters. The van der Waals surface area contributed by atoms with E-state index in [0.29, 0.717) is 5.76 Å². The molecular weight excluding hydrogens is 346 g/mol. The number of para-hydroxylation sites is 1. The van der Waals surface area contributed by atoms with E-state index in [1.165, 1.54) is 6.08 Å². The maximum atomic E-state index is 11.9. The minimum atomic E-state index is -0.352. The Kier molecular flexibility index (Phi) is 5.80. The second-order valence-corrected chi connectivity index (χ2v) is 5.74. The van der Waals surface area contributed by atoms with Crippen molar-refractivity contribution in [3.05, 3.63) is 84.6 Å². The SMILES string of the molecule is O=C(/C=C/c1ccc(-c2ccccc2)o1)NC(=S)NNc1ccccc1. The molecule has 0 aliphatic rings. The molecular formula is C20H17N3O2S. The molecule has 0 radical (unpaired) electrons. The maximum absolute atomic E-state index is 11.9. The number of amides is 1. The highest BCUT2D eigenvalue weighted by Crippen LogP contribution is 2.22. The second-order valence-electron chi connectivity index (χ2n) is 5.34. The zero-order valence-corrected chi connectivity index (χ0v) is 14.6. The maximum Gasteiger partial charge on any atom is 0.250 e. The fourth-order valence-electron chi connectivity index (χ4n) is 2.19. The Balaban J connectivity index is 1.50. The summed E-state index contributed by atoms with van der Waals surface area (Å²) in [4.78, 5) is 11.9. The average molecular weight is 363 g/mol. The van der Waals surface area contributed by atoms with E-state index in [4.69, 9.17) is 16.6 Å². The van der Waals surface area contributed by atoms with Crippen molar-refractivity contribution in [2.75, 3.05) is 5.43 Å². The van der Waals surface area contributed by atoms with E-state index in [1.54, 1.807) is 12.1 Å². The third-order valence-electron chi connectivity index (χ3n) is 3.41. The molecule has 0 aliphatic heterocycles. The first kappa shape index (κ1) is 17.4. The zero-order valence-electron chi connectivity index (χ0n) is 13.8. The number of anilines is 1. The van der Waals surface area contributed by atoms with Crippen LogP contribution in [-0.2, 0) is 4.79 Å². The van der Waals surface area contributed by atoms with Gasteiger partial charge in [0.25, 0.3) is 0 Å². The van der Waals surface area contributed by atoms with Gasteiger partial charge in [-0.05, 0) is 42.6 Å². The van der Waals surface area contributed by atoms with E-state index < -0.39 is 0 Å². The Morgan fingerprint density at radius 3 is 2.35 bits per heavy atom. The van der Waals surface area contributed by atoms with Gasteiger partial charge in [0.15, 0.2) is 5.11 Å². The van der Waals surface area contributed by atoms with Crippen molar-refractivity contribution in [3.63, 3.8) is 0 Å². The molecule has 0 bridgehead atoms. The van der Waals surface area contributed by atoms with Crippen LogP contribution in [0.1, 0.15) is 5.76 Å². The van der Waals surface area contributed by atoms with Crippen molar-refractivity contribution >= 4 is 35.0 Å². The number of thiocarbonyl (C=S) groups is 1. The van der Waals surface area contributed by atoms with E-state index in [1.807, 2.05) is 66.7 Å². The van der Waals surface area contributed by atoms with E-state index in [2.05, 4.69) is 16.2 Å². The minimum Gasteiger partial charge on any atom is -0.457 e. The van der Waals surface area contributed by atoms with E-state index in [0.717, 1.165) is 17.0 Å². The number of hydrazine groups is 1. The highest BCUT2D eigenvalue weighted by Gasteiger charge is 2.04. The molecule has 3 rings (SSSR count). The number of furan rings is 1. The second kappa shape index (κ2) is 8.64. The zero-order chi connectivity index (χ0) is 18.2. The Hall–Kier alpha value is -3.38. The van der Waals surface area contributed by atoms with Gasteiger partial charge in [-0.3, -0.25) is 21.0 Å². The number of hydrogen-bond acceptors (Lipinski definition) is 4. The van der Waals surface area contributed by atoms with Crippen LogP contribution < -0.4 is 16.2 Å². The topological polar surface area (TPSA) is 66.3 Å². The molecule has 6 heteroatoms. The van der Waals surface area contributed by atoms with Crippen LogP contribution in [0.25, 0.3) is 17.4 Å². The molecule has 0 saturated heterocycles. The van der Waals surface area contributed by atoms with Crippen molar-refractivity contribution in [2.45, 2.75) is 0 Å². The van der Waals surface area contributed by atoms with Crippen molar-refractivity contribution < 1.29 is 9.21 Å². The minimum absolute atomic E-state index is 0.174. The fraction of sp³-hybridized carbons (Fsp3) is 0. The lowest BCUT2D eigenvalue weighted by Gasteiger charge is -2.10. The predicted molar refractivity (Wildman–Crippen MR) is 107 cm³/mol. The van der Waals surface area contributed by atoms with Crippen LogP contribution in [0.2, 0.25) is 0 Å². The summed E-state index contributed by atoms with van der Waals surface area (Å²) in [6.45, 7) is 0. The van der Waals surface area contributed by atoms with Gasteiger partial charge in [-0.1, -0.05) is 48.5 Å². The molecule has 130 valence electrons. The van der Waals surface area contributed by atoms with Gasteiger partial charge in [0.05, 0.1) is 5.69 Å². The lowest BCUT2D eigenvalue weighted by molar-refractivity contribution is -0.115. The van der Waals surface area contributed by atoms with Crippen LogP contribution in [0.15, 0.2) is 83.3 Å². The van der Waals surface area contributed by atoms with Crippen molar-refractivity contribution in [3.8, 4) is 11.3 Å². The lowest BCUT2D eigenvalue weighted by Crippen LogP contribution is -2.41. The first-order chi connectivity index (χ1) is 12.7. The molecule has 0 aliphatic carbocycles. The summed E-state index contributed by atoms with van der Waals surface area (Å²) < 4.78 is 5.70. The lowest BCUT2D eigenvalue weighted by atomic mass is 10.2. The van der Waals surface area contributed by atoms with Crippen molar-refractivity contribution in [1.82, 2.24) is 10.7 Å². The average Bonchev–Trinajstić information content (AvgIpc) is 3.15. The van der Waals surface area contributed by atoms with E-state index in [-0.39, 0.29) is 11.0 Å². The quantitative estimate of drug-likeness (QED) is 0.364. The molecule has 0 spiro atoms. The summed E-state index contributed by atoms with van der Waals surface area (Å²) in [5.74, 6) is 0.977. The van der Waals surface area contributed by atoms with E-state index in [9.17, 15) is 4.79 Å². The molecule has 0 atom stereocenters. The smallest absolute Gasteiger partial charge is 0.250 e. The fourth-order valence-corrected chi connectivity index (χ4v) is 2.34. The highest BCUT2D eigenvalue weighted by molar-refractivity contribution is 7.80. The van der Waals surface area contributed by atoms with Gasteiger partial charge in [-0.2, -0.15) is 0 Å². The monoisotopic (exact) mass is 363 g/mol. The number of hydrogen-bond donors (Lipinski definition) is 3. The summed E-state index contributed by atoms with van der Waals surface area (Å²) in [6, 6.07) is 22.9. The van der Waals surface area contributed by atoms with E-state index >= 15 is 0 Å². The largest absolute Gasteiger partial charge is 0.457 e. The molecule has 1 aromatic heterocycles. The molecule has 26 heavy (non-hydrogen) atoms. The van der Waals surface area contributed by atoms with Gasteiger partial charge in [0.1, 0.15) is 11.5 Å². The number of carbonyl (C=O) groups is 1. The van der Waals surface area contributed by atoms with Crippen LogP contribution in [-0.4, -0.2) is 11.0 Å². The first-order valence-electron chi connectivity index (χ1n) is 7.96. The summed E-state index contributed by atoms with van der Waals surface area (Å²) in [7, 11) is 0. The molecule has 1 heterocycles. The molecule has 2 aromatic carbocycles. The number of rotatable bonds is 5. The van der Waals surface area contributed by atoms with Gasteiger partial charge in [-0.15, -0.1) is 0 Å². The predicted octanol–water partition coefficient (Wildman–Crippen LogP) is 3.98. The van der Waals surface area contributed by atoms with Crippen LogP contribution in [0, 0.1) is 0 Å². The van der Waals surface area contributed by atoms with Crippen LogP contribution in [0.5, 0.6) is 0 Å². The number of carbonyl (C=O) groups excluding carboxylic acids is 1. The summed E-state index contributed by atoms with van der Waals surface area (Å²) in [5, 5.41) is 2.72. The molecule has 3 N–H and O–H groups in total. The van der Waals surface area contributed by atoms with Gasteiger partial charge in [0, 0.05) is 11.6 Å². The Bertz CT molecular complexity index is 905. The third kappa shape index (κ3) is 5.06. The Morgan fingerprint density at radius 1 is 0.923 bits per heavy atom. The molecule has 5 nitrogen and oxygen atoms in total. The summed E-state index contributed by atoms with van der Waals surface area (Å²) in [6.07, 6.45) is 2.96. The van der Waals surface area contributed by atoms with Gasteiger partial charge in [-0.25, -0.2) is 0 Å². The molecule has 3 aromatic rings. The molecule has 0 saturated carbocycles. The van der Waals surface area contributed by atoms with Crippen molar-refractivity contribution in [2.24, 2.45) is 0 Å². The van der Waals surface area contributed by atoms with Gasteiger partial charge < -0.3 is 4.42 Å². The standard InChI is InChI=1S/C20H17N3O2S/c24-19(21-20(26)23-22-16-9-5-2-6-10-16)14-12-17-11-13-18(25-17)15-7-3-1-4-8-15/h1-14,22H,(H2,21,23,24,26)/b14-12+. The van der Waals surface area contributed by atoms with Crippen molar-refractivity contribution in [1.29, 1.82) is 0 Å². The summed E-state index contributed by atoms with van der Waals surface area (Å²) in [5.41, 5.74) is 7.46. The van der Waals surface area contributed by atoms with Crippen LogP contribution in [0.4, 0.5) is 5.69 Å². The molecule has 1 amide bonds. The molecule has 0 fully saturated rings. The highest BCUT2D eigenvalue weighted by atomic mass is 32.1. The van der Waals surface area contributed by atoms with Gasteiger partial charge in [0.2, 0.25) is 5.91 Å². The van der Waals surface area contributed by atoms with Gasteiger partial charge >= 0.3 is 0 Å². The normalized spacial score (nSPS) is 10.5. The van der Waals surface area contributed by atoms with Crippen LogP contribution in [0.3, 0.4) is 0 Å². The summed E-state index contributed by atoms with van der Waals surface area (Å²) >= 11 is 5.07. The number of nitrogens with one attached hydrogen (secondary N) is 3.